The maximum Gasteiger partial charge on any atom is 0.296 e. The Morgan fingerprint density at radius 2 is 1.73 bits per heavy atom. The maximum absolute atomic E-state index is 12.2. The smallest absolute Gasteiger partial charge is 0.296 e. The summed E-state index contributed by atoms with van der Waals surface area (Å²) in [4.78, 5) is 0.196. The van der Waals surface area contributed by atoms with Crippen LogP contribution < -0.4 is 9.92 Å². The number of halogens is 1. The minimum absolute atomic E-state index is 0.177. The molecule has 0 unspecified atom stereocenters. The van der Waals surface area contributed by atoms with Crippen molar-refractivity contribution >= 4 is 35.0 Å². The molecule has 0 radical (unpaired) electrons. The fourth-order valence-corrected chi connectivity index (χ4v) is 6.37. The van der Waals surface area contributed by atoms with E-state index in [1.165, 1.54) is 5.19 Å². The molecule has 7 heteroatoms. The Morgan fingerprint density at radius 1 is 1.08 bits per heavy atom. The molecule has 0 aliphatic rings. The van der Waals surface area contributed by atoms with Gasteiger partial charge < -0.3 is 4.74 Å². The first-order valence-electron chi connectivity index (χ1n) is 8.46. The zero-order chi connectivity index (χ0) is 19.4. The Labute approximate surface area is 162 Å². The van der Waals surface area contributed by atoms with Crippen molar-refractivity contribution in [2.45, 2.75) is 37.4 Å². The highest BCUT2D eigenvalue weighted by atomic mass is 35.5. The largest absolute Gasteiger partial charge is 0.495 e. The molecule has 0 heterocycles. The topological polar surface area (TPSA) is 52.6 Å². The van der Waals surface area contributed by atoms with Crippen molar-refractivity contribution in [1.29, 1.82) is 0 Å². The van der Waals surface area contributed by atoms with Gasteiger partial charge in [0.05, 0.1) is 31.7 Å². The van der Waals surface area contributed by atoms with E-state index in [1.807, 2.05) is 25.1 Å². The second-order valence-electron chi connectivity index (χ2n) is 6.93. The van der Waals surface area contributed by atoms with Crippen LogP contribution in [-0.4, -0.2) is 30.2 Å². The molecule has 2 rings (SSSR count). The summed E-state index contributed by atoms with van der Waals surface area (Å²) >= 11 is 6.23. The number of hydrogen-bond acceptors (Lipinski definition) is 4. The predicted molar refractivity (Wildman–Crippen MR) is 109 cm³/mol. The van der Waals surface area contributed by atoms with E-state index in [1.54, 1.807) is 31.4 Å². The van der Waals surface area contributed by atoms with Crippen LogP contribution in [0.3, 0.4) is 0 Å². The first kappa shape index (κ1) is 21.0. The third kappa shape index (κ3) is 5.33. The Bertz CT molecular complexity index is 848. The molecule has 0 saturated carbocycles. The van der Waals surface area contributed by atoms with Crippen molar-refractivity contribution < 1.29 is 17.3 Å². The standard InChI is InChI=1S/C19H25ClO4SSi/c1-15-6-8-16(9-7-15)25(21,22)24-12-5-13-26(3,4)17-10-11-19(23-2)18(20)14-17/h6-11,14H,5,12-13H2,1-4H3. The lowest BCUT2D eigenvalue weighted by molar-refractivity contribution is 0.317. The lowest BCUT2D eigenvalue weighted by atomic mass is 10.2. The normalized spacial score (nSPS) is 12.2. The summed E-state index contributed by atoms with van der Waals surface area (Å²) in [6.07, 6.45) is 0.675. The van der Waals surface area contributed by atoms with E-state index in [2.05, 4.69) is 13.1 Å². The lowest BCUT2D eigenvalue weighted by Crippen LogP contribution is -2.41. The Hall–Kier alpha value is -1.34. The molecule has 142 valence electrons. The Kier molecular flexibility index (Phi) is 6.90. The van der Waals surface area contributed by atoms with Crippen LogP contribution in [0.25, 0.3) is 0 Å². The van der Waals surface area contributed by atoms with Gasteiger partial charge in [0.25, 0.3) is 10.1 Å². The van der Waals surface area contributed by atoms with Gasteiger partial charge >= 0.3 is 0 Å². The van der Waals surface area contributed by atoms with Crippen LogP contribution in [0.1, 0.15) is 12.0 Å². The van der Waals surface area contributed by atoms with Crippen LogP contribution in [0.2, 0.25) is 24.2 Å². The SMILES string of the molecule is COc1ccc([Si](C)(C)CCCOS(=O)(=O)c2ccc(C)cc2)cc1Cl. The van der Waals surface area contributed by atoms with Gasteiger partial charge in [0.1, 0.15) is 5.75 Å². The summed E-state index contributed by atoms with van der Waals surface area (Å²) in [5, 5.41) is 1.81. The van der Waals surface area contributed by atoms with Gasteiger partial charge in [-0.15, -0.1) is 0 Å². The number of rotatable bonds is 8. The van der Waals surface area contributed by atoms with Gasteiger partial charge in [0.15, 0.2) is 0 Å². The molecule has 0 amide bonds. The second kappa shape index (κ2) is 8.56. The van der Waals surface area contributed by atoms with Crippen LogP contribution in [0.15, 0.2) is 47.4 Å². The summed E-state index contributed by atoms with van der Waals surface area (Å²) in [7, 11) is -3.85. The highest BCUT2D eigenvalue weighted by Crippen LogP contribution is 2.24. The molecule has 2 aromatic carbocycles. The fraction of sp³-hybridized carbons (Fsp3) is 0.368. The van der Waals surface area contributed by atoms with Gasteiger partial charge in [-0.3, -0.25) is 4.18 Å². The van der Waals surface area contributed by atoms with Crippen LogP contribution in [0.5, 0.6) is 5.75 Å². The summed E-state index contributed by atoms with van der Waals surface area (Å²) < 4.78 is 34.8. The lowest BCUT2D eigenvalue weighted by Gasteiger charge is -2.23. The van der Waals surface area contributed by atoms with Gasteiger partial charge in [-0.2, -0.15) is 8.42 Å². The summed E-state index contributed by atoms with van der Waals surface area (Å²) in [5.74, 6) is 0.660. The van der Waals surface area contributed by atoms with E-state index in [9.17, 15) is 8.42 Å². The molecule has 0 atom stereocenters. The zero-order valence-electron chi connectivity index (χ0n) is 15.6. The van der Waals surface area contributed by atoms with Crippen molar-refractivity contribution in [1.82, 2.24) is 0 Å². The molecule has 0 bridgehead atoms. The molecular formula is C19H25ClO4SSi. The highest BCUT2D eigenvalue weighted by molar-refractivity contribution is 7.86. The number of aryl methyl sites for hydroxylation is 1. The Morgan fingerprint density at radius 3 is 2.31 bits per heavy atom. The molecule has 0 N–H and O–H groups in total. The molecule has 0 saturated heterocycles. The molecule has 0 aliphatic carbocycles. The third-order valence-corrected chi connectivity index (χ3v) is 9.53. The van der Waals surface area contributed by atoms with E-state index >= 15 is 0 Å². The monoisotopic (exact) mass is 412 g/mol. The average Bonchev–Trinajstić information content (AvgIpc) is 2.59. The van der Waals surface area contributed by atoms with Crippen molar-refractivity contribution in [3.8, 4) is 5.75 Å². The van der Waals surface area contributed by atoms with Crippen LogP contribution in [-0.2, 0) is 14.3 Å². The van der Waals surface area contributed by atoms with Gasteiger partial charge in [-0.1, -0.05) is 59.7 Å². The average molecular weight is 413 g/mol. The third-order valence-electron chi connectivity index (χ3n) is 4.43. The van der Waals surface area contributed by atoms with E-state index in [0.717, 1.165) is 11.6 Å². The minimum Gasteiger partial charge on any atom is -0.495 e. The summed E-state index contributed by atoms with van der Waals surface area (Å²) in [5.41, 5.74) is 1.01. The maximum atomic E-state index is 12.2. The molecular weight excluding hydrogens is 388 g/mol. The zero-order valence-corrected chi connectivity index (χ0v) is 18.2. The summed E-state index contributed by atoms with van der Waals surface area (Å²) in [6, 6.07) is 13.5. The second-order valence-corrected chi connectivity index (χ2v) is 13.8. The van der Waals surface area contributed by atoms with E-state index in [-0.39, 0.29) is 11.5 Å². The number of methoxy groups -OCH3 is 1. The highest BCUT2D eigenvalue weighted by Gasteiger charge is 2.24. The first-order valence-corrected chi connectivity index (χ1v) is 13.5. The van der Waals surface area contributed by atoms with E-state index in [4.69, 9.17) is 20.5 Å². The van der Waals surface area contributed by atoms with Gasteiger partial charge in [-0.05, 0) is 37.6 Å². The summed E-state index contributed by atoms with van der Waals surface area (Å²) in [6.45, 7) is 6.56. The molecule has 0 fully saturated rings. The number of benzene rings is 2. The molecule has 2 aromatic rings. The Balaban J connectivity index is 1.94. The van der Waals surface area contributed by atoms with Gasteiger partial charge in [-0.25, -0.2) is 0 Å². The fourth-order valence-electron chi connectivity index (χ4n) is 2.69. The number of hydrogen-bond donors (Lipinski definition) is 0. The van der Waals surface area contributed by atoms with Crippen LogP contribution in [0.4, 0.5) is 0 Å². The molecule has 0 spiro atoms. The van der Waals surface area contributed by atoms with Crippen LogP contribution >= 0.6 is 11.6 Å². The van der Waals surface area contributed by atoms with Crippen molar-refractivity contribution in [2.24, 2.45) is 0 Å². The van der Waals surface area contributed by atoms with Crippen molar-refractivity contribution in [2.75, 3.05) is 13.7 Å². The molecule has 4 nitrogen and oxygen atoms in total. The van der Waals surface area contributed by atoms with Gasteiger partial charge in [0.2, 0.25) is 0 Å². The van der Waals surface area contributed by atoms with Gasteiger partial charge in [0, 0.05) is 0 Å². The van der Waals surface area contributed by atoms with Crippen molar-refractivity contribution in [3.63, 3.8) is 0 Å². The quantitative estimate of drug-likeness (QED) is 0.367. The molecule has 0 aromatic heterocycles. The van der Waals surface area contributed by atoms with Crippen LogP contribution in [0, 0.1) is 6.92 Å². The van der Waals surface area contributed by atoms with E-state index < -0.39 is 18.2 Å². The number of ether oxygens (including phenoxy) is 1. The molecule has 0 aliphatic heterocycles. The predicted octanol–water partition coefficient (Wildman–Crippen LogP) is 4.37. The van der Waals surface area contributed by atoms with Crippen molar-refractivity contribution in [3.05, 3.63) is 53.1 Å². The first-order chi connectivity index (χ1) is 12.2. The minimum atomic E-state index is -3.70. The molecule has 26 heavy (non-hydrogen) atoms. The van der Waals surface area contributed by atoms with E-state index in [0.29, 0.717) is 17.2 Å².